The van der Waals surface area contributed by atoms with Gasteiger partial charge in [0.25, 0.3) is 0 Å². The summed E-state index contributed by atoms with van der Waals surface area (Å²) in [7, 11) is 1.77. The number of piperidine rings is 1. The first kappa shape index (κ1) is 22.3. The average molecular weight is 444 g/mol. The van der Waals surface area contributed by atoms with Crippen LogP contribution in [0.15, 0.2) is 4.99 Å². The predicted octanol–water partition coefficient (Wildman–Crippen LogP) is 2.02. The van der Waals surface area contributed by atoms with Crippen LogP contribution in [0.4, 0.5) is 0 Å². The van der Waals surface area contributed by atoms with Gasteiger partial charge in [-0.15, -0.1) is 24.0 Å². The fourth-order valence-corrected chi connectivity index (χ4v) is 2.85. The van der Waals surface area contributed by atoms with Crippen molar-refractivity contribution in [3.05, 3.63) is 0 Å². The monoisotopic (exact) mass is 444 g/mol. The van der Waals surface area contributed by atoms with Gasteiger partial charge in [0.15, 0.2) is 5.96 Å². The number of nitrogens with one attached hydrogen (secondary N) is 2. The van der Waals surface area contributed by atoms with Crippen LogP contribution in [0, 0.1) is 0 Å². The van der Waals surface area contributed by atoms with Gasteiger partial charge in [0, 0.05) is 45.9 Å². The molecule has 1 rings (SSSR count). The second-order valence-electron chi connectivity index (χ2n) is 5.36. The van der Waals surface area contributed by atoms with Crippen LogP contribution in [-0.2, 0) is 4.74 Å². The number of methoxy groups -OCH3 is 1. The van der Waals surface area contributed by atoms with Gasteiger partial charge in [-0.2, -0.15) is 11.8 Å². The first-order valence-electron chi connectivity index (χ1n) is 8.05. The maximum absolute atomic E-state index is 5.14. The highest BCUT2D eigenvalue weighted by Gasteiger charge is 2.19. The summed E-state index contributed by atoms with van der Waals surface area (Å²) in [4.78, 5) is 7.14. The normalized spacial score (nSPS) is 17.1. The van der Waals surface area contributed by atoms with Crippen LogP contribution in [0.25, 0.3) is 0 Å². The molecule has 2 N–H and O–H groups in total. The molecule has 0 atom stereocenters. The van der Waals surface area contributed by atoms with E-state index in [0.717, 1.165) is 51.7 Å². The van der Waals surface area contributed by atoms with Gasteiger partial charge in [-0.05, 0) is 38.2 Å². The molecule has 0 aliphatic carbocycles. The first-order chi connectivity index (χ1) is 10.3. The summed E-state index contributed by atoms with van der Waals surface area (Å²) in [6.45, 7) is 8.11. The third kappa shape index (κ3) is 10.1. The Morgan fingerprint density at radius 2 is 2.09 bits per heavy atom. The van der Waals surface area contributed by atoms with Crippen molar-refractivity contribution in [2.75, 3.05) is 58.4 Å². The standard InChI is InChI=1S/C15H32N4OS.HI/c1-4-16-15(17-8-5-13-21-3)18-14-6-9-19(10-7-14)11-12-20-2;/h14H,4-13H2,1-3H3,(H2,16,17,18);1H. The van der Waals surface area contributed by atoms with Crippen molar-refractivity contribution in [3.63, 3.8) is 0 Å². The highest BCUT2D eigenvalue weighted by Crippen LogP contribution is 2.09. The number of hydrogen-bond donors (Lipinski definition) is 2. The summed E-state index contributed by atoms with van der Waals surface area (Å²) < 4.78 is 5.14. The first-order valence-corrected chi connectivity index (χ1v) is 9.44. The topological polar surface area (TPSA) is 48.9 Å². The minimum atomic E-state index is 0. The van der Waals surface area contributed by atoms with Crippen molar-refractivity contribution in [2.45, 2.75) is 32.2 Å². The van der Waals surface area contributed by atoms with Crippen molar-refractivity contribution in [3.8, 4) is 0 Å². The van der Waals surface area contributed by atoms with E-state index in [4.69, 9.17) is 4.74 Å². The SMILES string of the molecule is CCNC(=NCCCSC)NC1CCN(CCOC)CC1.I. The molecule has 22 heavy (non-hydrogen) atoms. The quantitative estimate of drug-likeness (QED) is 0.247. The summed E-state index contributed by atoms with van der Waals surface area (Å²) in [5.41, 5.74) is 0. The molecular formula is C15H33IN4OS. The van der Waals surface area contributed by atoms with Crippen LogP contribution < -0.4 is 10.6 Å². The molecule has 5 nitrogen and oxygen atoms in total. The molecule has 1 fully saturated rings. The number of thioether (sulfide) groups is 1. The third-order valence-corrected chi connectivity index (χ3v) is 4.36. The lowest BCUT2D eigenvalue weighted by Crippen LogP contribution is -2.49. The maximum Gasteiger partial charge on any atom is 0.191 e. The molecule has 0 saturated carbocycles. The van der Waals surface area contributed by atoms with Crippen LogP contribution in [0.5, 0.6) is 0 Å². The smallest absolute Gasteiger partial charge is 0.191 e. The molecule has 0 aromatic carbocycles. The zero-order valence-electron chi connectivity index (χ0n) is 14.3. The molecule has 0 amide bonds. The molecule has 0 unspecified atom stereocenters. The largest absolute Gasteiger partial charge is 0.383 e. The maximum atomic E-state index is 5.14. The Balaban J connectivity index is 0.00000441. The number of guanidine groups is 1. The van der Waals surface area contributed by atoms with Crippen molar-refractivity contribution >= 4 is 41.7 Å². The Kier molecular flexibility index (Phi) is 15.0. The number of ether oxygens (including phenoxy) is 1. The van der Waals surface area contributed by atoms with Gasteiger partial charge < -0.3 is 20.3 Å². The van der Waals surface area contributed by atoms with E-state index in [9.17, 15) is 0 Å². The Morgan fingerprint density at radius 3 is 2.68 bits per heavy atom. The van der Waals surface area contributed by atoms with Gasteiger partial charge >= 0.3 is 0 Å². The van der Waals surface area contributed by atoms with Crippen LogP contribution in [0.3, 0.4) is 0 Å². The molecule has 132 valence electrons. The molecule has 0 spiro atoms. The average Bonchev–Trinajstić information content (AvgIpc) is 2.51. The summed E-state index contributed by atoms with van der Waals surface area (Å²) in [6.07, 6.45) is 5.65. The van der Waals surface area contributed by atoms with Gasteiger partial charge in [0.05, 0.1) is 6.61 Å². The molecule has 1 heterocycles. The van der Waals surface area contributed by atoms with E-state index >= 15 is 0 Å². The van der Waals surface area contributed by atoms with E-state index in [1.165, 1.54) is 18.6 Å². The van der Waals surface area contributed by atoms with Gasteiger partial charge in [-0.1, -0.05) is 0 Å². The van der Waals surface area contributed by atoms with Crippen molar-refractivity contribution in [2.24, 2.45) is 4.99 Å². The molecule has 0 bridgehead atoms. The number of hydrogen-bond acceptors (Lipinski definition) is 4. The lowest BCUT2D eigenvalue weighted by molar-refractivity contribution is 0.128. The summed E-state index contributed by atoms with van der Waals surface area (Å²) in [5.74, 6) is 2.16. The molecule has 1 aliphatic heterocycles. The summed E-state index contributed by atoms with van der Waals surface area (Å²) >= 11 is 1.88. The van der Waals surface area contributed by atoms with Crippen LogP contribution in [0.2, 0.25) is 0 Å². The molecular weight excluding hydrogens is 411 g/mol. The van der Waals surface area contributed by atoms with E-state index in [0.29, 0.717) is 6.04 Å². The van der Waals surface area contributed by atoms with Gasteiger partial charge in [0.2, 0.25) is 0 Å². The zero-order valence-corrected chi connectivity index (χ0v) is 17.4. The second kappa shape index (κ2) is 14.8. The number of rotatable bonds is 9. The number of halogens is 1. The fraction of sp³-hybridized carbons (Fsp3) is 0.933. The van der Waals surface area contributed by atoms with E-state index in [1.807, 2.05) is 11.8 Å². The van der Waals surface area contributed by atoms with Crippen molar-refractivity contribution in [1.82, 2.24) is 15.5 Å². The van der Waals surface area contributed by atoms with Crippen LogP contribution in [0.1, 0.15) is 26.2 Å². The number of likely N-dealkylation sites (tertiary alicyclic amines) is 1. The Labute approximate surface area is 157 Å². The molecule has 0 aromatic heterocycles. The molecule has 1 aliphatic rings. The predicted molar refractivity (Wildman–Crippen MR) is 109 cm³/mol. The molecule has 0 radical (unpaired) electrons. The van der Waals surface area contributed by atoms with E-state index in [1.54, 1.807) is 7.11 Å². The zero-order chi connectivity index (χ0) is 15.3. The fourth-order valence-electron chi connectivity index (χ4n) is 2.43. The van der Waals surface area contributed by atoms with Crippen molar-refractivity contribution in [1.29, 1.82) is 0 Å². The minimum Gasteiger partial charge on any atom is -0.383 e. The van der Waals surface area contributed by atoms with Gasteiger partial charge in [-0.25, -0.2) is 0 Å². The number of nitrogens with zero attached hydrogens (tertiary/aromatic N) is 2. The second-order valence-corrected chi connectivity index (χ2v) is 6.35. The van der Waals surface area contributed by atoms with Crippen LogP contribution in [-0.4, -0.2) is 75.4 Å². The summed E-state index contributed by atoms with van der Waals surface area (Å²) in [5, 5.41) is 6.94. The Hall–Kier alpha value is 0.270. The Bertz CT molecular complexity index is 287. The lowest BCUT2D eigenvalue weighted by atomic mass is 10.1. The van der Waals surface area contributed by atoms with Gasteiger partial charge in [-0.3, -0.25) is 4.99 Å². The van der Waals surface area contributed by atoms with Crippen molar-refractivity contribution < 1.29 is 4.74 Å². The Morgan fingerprint density at radius 1 is 1.36 bits per heavy atom. The minimum absolute atomic E-state index is 0. The van der Waals surface area contributed by atoms with E-state index in [-0.39, 0.29) is 24.0 Å². The number of aliphatic imine (C=N–C) groups is 1. The molecule has 7 heteroatoms. The van der Waals surface area contributed by atoms with E-state index < -0.39 is 0 Å². The lowest BCUT2D eigenvalue weighted by Gasteiger charge is -2.32. The molecule has 0 aromatic rings. The highest BCUT2D eigenvalue weighted by molar-refractivity contribution is 14.0. The van der Waals surface area contributed by atoms with E-state index in [2.05, 4.69) is 33.7 Å². The highest BCUT2D eigenvalue weighted by atomic mass is 127. The third-order valence-electron chi connectivity index (χ3n) is 3.66. The van der Waals surface area contributed by atoms with Gasteiger partial charge in [0.1, 0.15) is 0 Å². The summed E-state index contributed by atoms with van der Waals surface area (Å²) in [6, 6.07) is 0.544. The van der Waals surface area contributed by atoms with Crippen LogP contribution >= 0.6 is 35.7 Å². The molecule has 1 saturated heterocycles.